The number of benzene rings is 2. The number of nitrogens with zero attached hydrogens (tertiary/aromatic N) is 1. The van der Waals surface area contributed by atoms with Crippen LogP contribution >= 0.6 is 0 Å². The van der Waals surface area contributed by atoms with Crippen LogP contribution in [-0.4, -0.2) is 10.5 Å². The molecular formula is C19H18F2N2O. The van der Waals surface area contributed by atoms with Gasteiger partial charge in [0, 0.05) is 29.7 Å². The Balaban J connectivity index is 1.97. The molecular weight excluding hydrogens is 310 g/mol. The van der Waals surface area contributed by atoms with Gasteiger partial charge in [-0.05, 0) is 24.1 Å². The Morgan fingerprint density at radius 1 is 1.17 bits per heavy atom. The molecule has 24 heavy (non-hydrogen) atoms. The maximum Gasteiger partial charge on any atom is 0.257 e. The third-order valence-corrected chi connectivity index (χ3v) is 3.77. The summed E-state index contributed by atoms with van der Waals surface area (Å²) in [5, 5.41) is 3.32. The number of halogens is 2. The van der Waals surface area contributed by atoms with Crippen LogP contribution in [0.4, 0.5) is 14.5 Å². The predicted octanol–water partition coefficient (Wildman–Crippen LogP) is 4.83. The van der Waals surface area contributed by atoms with Gasteiger partial charge >= 0.3 is 0 Å². The quantitative estimate of drug-likeness (QED) is 0.731. The Morgan fingerprint density at radius 3 is 2.62 bits per heavy atom. The van der Waals surface area contributed by atoms with E-state index >= 15 is 0 Å². The first-order chi connectivity index (χ1) is 11.5. The van der Waals surface area contributed by atoms with Gasteiger partial charge in [-0.3, -0.25) is 4.79 Å². The first-order valence-corrected chi connectivity index (χ1v) is 7.80. The normalized spacial score (nSPS) is 11.2. The lowest BCUT2D eigenvalue weighted by atomic mass is 10.1. The first kappa shape index (κ1) is 16.2. The number of carbonyl (C=O) groups is 1. The van der Waals surface area contributed by atoms with E-state index in [1.54, 1.807) is 6.20 Å². The molecule has 0 atom stereocenters. The number of rotatable bonds is 4. The standard InChI is InChI=1S/C19H18F2N2O/c1-12(2)10-23-11-15(14-5-3-4-6-18(14)23)19(24)22-17-8-7-13(20)9-16(17)21/h3-9,11-12H,10H2,1-2H3,(H,22,24). The molecule has 0 fully saturated rings. The zero-order valence-electron chi connectivity index (χ0n) is 13.5. The van der Waals surface area contributed by atoms with Gasteiger partial charge in [0.05, 0.1) is 11.3 Å². The van der Waals surface area contributed by atoms with Gasteiger partial charge < -0.3 is 9.88 Å². The fourth-order valence-electron chi connectivity index (χ4n) is 2.75. The summed E-state index contributed by atoms with van der Waals surface area (Å²) >= 11 is 0. The molecule has 1 N–H and O–H groups in total. The monoisotopic (exact) mass is 328 g/mol. The Hall–Kier alpha value is -2.69. The molecule has 1 heterocycles. The van der Waals surface area contributed by atoms with E-state index < -0.39 is 17.5 Å². The SMILES string of the molecule is CC(C)Cn1cc(C(=O)Nc2ccc(F)cc2F)c2ccccc21. The molecule has 0 aliphatic rings. The molecule has 124 valence electrons. The third kappa shape index (κ3) is 3.15. The van der Waals surface area contributed by atoms with E-state index in [4.69, 9.17) is 0 Å². The van der Waals surface area contributed by atoms with Gasteiger partial charge in [-0.2, -0.15) is 0 Å². The second-order valence-corrected chi connectivity index (χ2v) is 6.18. The molecule has 0 aliphatic heterocycles. The van der Waals surface area contributed by atoms with Gasteiger partial charge in [0.2, 0.25) is 0 Å². The number of nitrogens with one attached hydrogen (secondary N) is 1. The van der Waals surface area contributed by atoms with E-state index in [-0.39, 0.29) is 5.69 Å². The number of carbonyl (C=O) groups excluding carboxylic acids is 1. The maximum absolute atomic E-state index is 13.8. The van der Waals surface area contributed by atoms with E-state index in [0.29, 0.717) is 11.5 Å². The van der Waals surface area contributed by atoms with Gasteiger partial charge in [-0.15, -0.1) is 0 Å². The Morgan fingerprint density at radius 2 is 1.92 bits per heavy atom. The van der Waals surface area contributed by atoms with Crippen LogP contribution in [0.2, 0.25) is 0 Å². The summed E-state index contributed by atoms with van der Waals surface area (Å²) < 4.78 is 28.8. The van der Waals surface area contributed by atoms with E-state index in [0.717, 1.165) is 29.6 Å². The average molecular weight is 328 g/mol. The van der Waals surface area contributed by atoms with E-state index in [9.17, 15) is 13.6 Å². The summed E-state index contributed by atoms with van der Waals surface area (Å²) in [4.78, 5) is 12.6. The summed E-state index contributed by atoms with van der Waals surface area (Å²) in [6, 6.07) is 10.7. The van der Waals surface area contributed by atoms with Gasteiger partial charge in [0.15, 0.2) is 0 Å². The highest BCUT2D eigenvalue weighted by molar-refractivity contribution is 6.13. The minimum atomic E-state index is -0.797. The summed E-state index contributed by atoms with van der Waals surface area (Å²) in [6.45, 7) is 4.98. The van der Waals surface area contributed by atoms with Crippen molar-refractivity contribution in [2.45, 2.75) is 20.4 Å². The van der Waals surface area contributed by atoms with Crippen LogP contribution in [0.15, 0.2) is 48.7 Å². The highest BCUT2D eigenvalue weighted by Gasteiger charge is 2.17. The molecule has 0 spiro atoms. The van der Waals surface area contributed by atoms with Crippen molar-refractivity contribution in [2.75, 3.05) is 5.32 Å². The summed E-state index contributed by atoms with van der Waals surface area (Å²) in [7, 11) is 0. The Kier molecular flexibility index (Phi) is 4.34. The van der Waals surface area contributed by atoms with E-state index in [1.165, 1.54) is 6.07 Å². The molecule has 3 aromatic rings. The molecule has 3 rings (SSSR count). The average Bonchev–Trinajstić information content (AvgIpc) is 2.88. The Labute approximate surface area is 138 Å². The van der Waals surface area contributed by atoms with Crippen LogP contribution in [0, 0.1) is 17.6 Å². The number of hydrogen-bond donors (Lipinski definition) is 1. The summed E-state index contributed by atoms with van der Waals surface area (Å²) in [6.07, 6.45) is 1.78. The van der Waals surface area contributed by atoms with Crippen molar-refractivity contribution in [3.05, 3.63) is 65.9 Å². The topological polar surface area (TPSA) is 34.0 Å². The highest BCUT2D eigenvalue weighted by atomic mass is 19.1. The van der Waals surface area contributed by atoms with Gasteiger partial charge in [0.25, 0.3) is 5.91 Å². The second-order valence-electron chi connectivity index (χ2n) is 6.18. The maximum atomic E-state index is 13.8. The predicted molar refractivity (Wildman–Crippen MR) is 91.1 cm³/mol. The largest absolute Gasteiger partial charge is 0.346 e. The van der Waals surface area contributed by atoms with Crippen molar-refractivity contribution >= 4 is 22.5 Å². The molecule has 0 aliphatic carbocycles. The van der Waals surface area contributed by atoms with Crippen LogP contribution in [0.1, 0.15) is 24.2 Å². The first-order valence-electron chi connectivity index (χ1n) is 7.80. The number of para-hydroxylation sites is 1. The van der Waals surface area contributed by atoms with Crippen molar-refractivity contribution in [3.63, 3.8) is 0 Å². The molecule has 1 amide bonds. The van der Waals surface area contributed by atoms with Crippen molar-refractivity contribution in [2.24, 2.45) is 5.92 Å². The highest BCUT2D eigenvalue weighted by Crippen LogP contribution is 2.24. The number of amides is 1. The second kappa shape index (κ2) is 6.43. The van der Waals surface area contributed by atoms with Crippen LogP contribution in [-0.2, 0) is 6.54 Å². The number of aromatic nitrogens is 1. The molecule has 0 unspecified atom stereocenters. The summed E-state index contributed by atoms with van der Waals surface area (Å²) in [5.74, 6) is -1.47. The van der Waals surface area contributed by atoms with Crippen LogP contribution in [0.25, 0.3) is 10.9 Å². The zero-order chi connectivity index (χ0) is 17.3. The molecule has 0 radical (unpaired) electrons. The third-order valence-electron chi connectivity index (χ3n) is 3.77. The van der Waals surface area contributed by atoms with Crippen LogP contribution in [0.5, 0.6) is 0 Å². The minimum absolute atomic E-state index is 0.0397. The molecule has 0 saturated carbocycles. The van der Waals surface area contributed by atoms with E-state index in [1.807, 2.05) is 28.8 Å². The number of hydrogen-bond acceptors (Lipinski definition) is 1. The van der Waals surface area contributed by atoms with Crippen LogP contribution in [0.3, 0.4) is 0 Å². The molecule has 1 aromatic heterocycles. The van der Waals surface area contributed by atoms with Gasteiger partial charge in [-0.25, -0.2) is 8.78 Å². The minimum Gasteiger partial charge on any atom is -0.346 e. The fraction of sp³-hybridized carbons (Fsp3) is 0.211. The van der Waals surface area contributed by atoms with Crippen molar-refractivity contribution < 1.29 is 13.6 Å². The molecule has 0 bridgehead atoms. The van der Waals surface area contributed by atoms with Crippen molar-refractivity contribution in [1.82, 2.24) is 4.57 Å². The molecule has 5 heteroatoms. The zero-order valence-corrected chi connectivity index (χ0v) is 13.5. The summed E-state index contributed by atoms with van der Waals surface area (Å²) in [5.41, 5.74) is 1.38. The molecule has 2 aromatic carbocycles. The fourth-order valence-corrected chi connectivity index (χ4v) is 2.75. The Bertz CT molecular complexity index is 900. The van der Waals surface area contributed by atoms with Crippen LogP contribution < -0.4 is 5.32 Å². The number of anilines is 1. The molecule has 0 saturated heterocycles. The van der Waals surface area contributed by atoms with Crippen molar-refractivity contribution in [1.29, 1.82) is 0 Å². The van der Waals surface area contributed by atoms with E-state index in [2.05, 4.69) is 19.2 Å². The lowest BCUT2D eigenvalue weighted by Gasteiger charge is -2.07. The molecule has 3 nitrogen and oxygen atoms in total. The lowest BCUT2D eigenvalue weighted by Crippen LogP contribution is -2.13. The van der Waals surface area contributed by atoms with Gasteiger partial charge in [-0.1, -0.05) is 32.0 Å². The lowest BCUT2D eigenvalue weighted by molar-refractivity contribution is 0.102. The number of fused-ring (bicyclic) bond motifs is 1. The van der Waals surface area contributed by atoms with Crippen molar-refractivity contribution in [3.8, 4) is 0 Å². The smallest absolute Gasteiger partial charge is 0.257 e. The van der Waals surface area contributed by atoms with Gasteiger partial charge in [0.1, 0.15) is 11.6 Å².